The third-order valence-electron chi connectivity index (χ3n) is 7.12. The first-order chi connectivity index (χ1) is 14.0. The van der Waals surface area contributed by atoms with Crippen LogP contribution in [0.3, 0.4) is 0 Å². The van der Waals surface area contributed by atoms with Gasteiger partial charge in [-0.1, -0.05) is 0 Å². The van der Waals surface area contributed by atoms with Gasteiger partial charge >= 0.3 is 5.97 Å². The molecule has 0 spiro atoms. The van der Waals surface area contributed by atoms with Crippen LogP contribution in [0.15, 0.2) is 24.3 Å². The second-order valence-electron chi connectivity index (χ2n) is 9.21. The van der Waals surface area contributed by atoms with Crippen molar-refractivity contribution in [2.75, 3.05) is 13.2 Å². The molecular formula is C23H29NO5. The van der Waals surface area contributed by atoms with E-state index in [-0.39, 0.29) is 30.6 Å². The highest BCUT2D eigenvalue weighted by atomic mass is 16.6. The Morgan fingerprint density at radius 2 is 1.66 bits per heavy atom. The summed E-state index contributed by atoms with van der Waals surface area (Å²) in [4.78, 5) is 34.8. The Labute approximate surface area is 171 Å². The molecule has 0 aromatic heterocycles. The van der Waals surface area contributed by atoms with Crippen LogP contribution in [0.2, 0.25) is 0 Å². The molecule has 0 radical (unpaired) electrons. The van der Waals surface area contributed by atoms with E-state index in [2.05, 4.69) is 12.2 Å². The summed E-state index contributed by atoms with van der Waals surface area (Å²) in [7, 11) is 0. The molecule has 1 atom stereocenters. The number of benzene rings is 1. The summed E-state index contributed by atoms with van der Waals surface area (Å²) in [6, 6.07) is 6.53. The predicted molar refractivity (Wildman–Crippen MR) is 106 cm³/mol. The minimum atomic E-state index is -0.595. The second-order valence-corrected chi connectivity index (χ2v) is 9.21. The lowest BCUT2D eigenvalue weighted by atomic mass is 9.48. The third-order valence-corrected chi connectivity index (χ3v) is 7.12. The number of hydrogen-bond donors (Lipinski definition) is 1. The molecule has 1 amide bonds. The van der Waals surface area contributed by atoms with Gasteiger partial charge in [0.05, 0.1) is 0 Å². The van der Waals surface area contributed by atoms with Crippen LogP contribution in [0.5, 0.6) is 5.75 Å². The highest BCUT2D eigenvalue weighted by molar-refractivity contribution is 5.81. The molecule has 5 rings (SSSR count). The van der Waals surface area contributed by atoms with Crippen LogP contribution < -0.4 is 10.1 Å². The molecule has 4 bridgehead atoms. The van der Waals surface area contributed by atoms with E-state index < -0.39 is 5.97 Å². The highest BCUT2D eigenvalue weighted by Crippen LogP contribution is 2.61. The number of amides is 1. The number of aldehydes is 1. The number of nitrogens with one attached hydrogen (secondary N) is 1. The van der Waals surface area contributed by atoms with Gasteiger partial charge in [0.15, 0.2) is 13.2 Å². The Hall–Kier alpha value is -2.37. The fourth-order valence-corrected chi connectivity index (χ4v) is 6.12. The standard InChI is InChI=1S/C23H29NO5/c1-15(23-9-17-6-18(10-23)8-19(7-17)11-23)24-21(26)13-29-22(27)14-28-20-4-2-16(12-25)3-5-20/h2-5,12,15,17-19H,6-11,13-14H2,1H3,(H,24,26). The van der Waals surface area contributed by atoms with Gasteiger partial charge in [-0.15, -0.1) is 0 Å². The second kappa shape index (κ2) is 8.17. The summed E-state index contributed by atoms with van der Waals surface area (Å²) in [6.07, 6.45) is 8.51. The normalized spacial score (nSPS) is 30.4. The topological polar surface area (TPSA) is 81.7 Å². The van der Waals surface area contributed by atoms with Gasteiger partial charge in [-0.3, -0.25) is 9.59 Å². The number of carbonyl (C=O) groups is 3. The van der Waals surface area contributed by atoms with E-state index in [1.165, 1.54) is 38.5 Å². The van der Waals surface area contributed by atoms with Gasteiger partial charge in [0, 0.05) is 11.6 Å². The fourth-order valence-electron chi connectivity index (χ4n) is 6.12. The van der Waals surface area contributed by atoms with Crippen LogP contribution in [0, 0.1) is 23.2 Å². The molecule has 156 valence electrons. The largest absolute Gasteiger partial charge is 0.482 e. The summed E-state index contributed by atoms with van der Waals surface area (Å²) in [5.41, 5.74) is 0.760. The lowest BCUT2D eigenvalue weighted by Gasteiger charge is -2.59. The van der Waals surface area contributed by atoms with Crippen LogP contribution in [-0.4, -0.2) is 37.4 Å². The van der Waals surface area contributed by atoms with Crippen molar-refractivity contribution in [3.63, 3.8) is 0 Å². The predicted octanol–water partition coefficient (Wildman–Crippen LogP) is 3.14. The van der Waals surface area contributed by atoms with Crippen molar-refractivity contribution in [3.05, 3.63) is 29.8 Å². The number of hydrogen-bond acceptors (Lipinski definition) is 5. The average molecular weight is 399 g/mol. The monoisotopic (exact) mass is 399 g/mol. The van der Waals surface area contributed by atoms with Crippen LogP contribution >= 0.6 is 0 Å². The lowest BCUT2D eigenvalue weighted by molar-refractivity contribution is -0.151. The Balaban J connectivity index is 1.20. The van der Waals surface area contributed by atoms with E-state index in [4.69, 9.17) is 9.47 Å². The summed E-state index contributed by atoms with van der Waals surface area (Å²) in [5.74, 6) is 2.11. The maximum Gasteiger partial charge on any atom is 0.344 e. The van der Waals surface area contributed by atoms with E-state index in [1.807, 2.05) is 0 Å². The van der Waals surface area contributed by atoms with E-state index in [0.717, 1.165) is 24.0 Å². The van der Waals surface area contributed by atoms with E-state index >= 15 is 0 Å². The third kappa shape index (κ3) is 4.46. The quantitative estimate of drug-likeness (QED) is 0.536. The molecule has 0 heterocycles. The minimum Gasteiger partial charge on any atom is -0.482 e. The van der Waals surface area contributed by atoms with Gasteiger partial charge in [-0.2, -0.15) is 0 Å². The molecule has 1 aromatic rings. The number of rotatable bonds is 8. The summed E-state index contributed by atoms with van der Waals surface area (Å²) in [6.45, 7) is 1.54. The van der Waals surface area contributed by atoms with Crippen molar-refractivity contribution in [1.29, 1.82) is 0 Å². The van der Waals surface area contributed by atoms with Gasteiger partial charge in [0.25, 0.3) is 5.91 Å². The Morgan fingerprint density at radius 1 is 1.07 bits per heavy atom. The zero-order chi connectivity index (χ0) is 20.4. The average Bonchev–Trinajstić information content (AvgIpc) is 2.70. The number of esters is 1. The SMILES string of the molecule is CC(NC(=O)COC(=O)COc1ccc(C=O)cc1)C12CC3CC(CC(C3)C1)C2. The van der Waals surface area contributed by atoms with Crippen molar-refractivity contribution in [3.8, 4) is 5.75 Å². The fraction of sp³-hybridized carbons (Fsp3) is 0.609. The van der Waals surface area contributed by atoms with Gasteiger partial charge in [0.2, 0.25) is 0 Å². The van der Waals surface area contributed by atoms with Crippen molar-refractivity contribution in [1.82, 2.24) is 5.32 Å². The first kappa shape index (κ1) is 19.9. The first-order valence-corrected chi connectivity index (χ1v) is 10.6. The molecule has 4 saturated carbocycles. The highest BCUT2D eigenvalue weighted by Gasteiger charge is 2.53. The molecule has 1 N–H and O–H groups in total. The van der Waals surface area contributed by atoms with Crippen molar-refractivity contribution < 1.29 is 23.9 Å². The summed E-state index contributed by atoms with van der Waals surface area (Å²) >= 11 is 0. The minimum absolute atomic E-state index is 0.106. The van der Waals surface area contributed by atoms with E-state index in [0.29, 0.717) is 11.3 Å². The van der Waals surface area contributed by atoms with Gasteiger partial charge in [-0.05, 0) is 92.9 Å². The lowest BCUT2D eigenvalue weighted by Crippen LogP contribution is -2.56. The first-order valence-electron chi connectivity index (χ1n) is 10.6. The Morgan fingerprint density at radius 3 is 2.21 bits per heavy atom. The van der Waals surface area contributed by atoms with Gasteiger partial charge in [-0.25, -0.2) is 4.79 Å². The van der Waals surface area contributed by atoms with Crippen molar-refractivity contribution in [2.45, 2.75) is 51.5 Å². The molecule has 29 heavy (non-hydrogen) atoms. The van der Waals surface area contributed by atoms with Crippen molar-refractivity contribution >= 4 is 18.2 Å². The maximum atomic E-state index is 12.3. The zero-order valence-corrected chi connectivity index (χ0v) is 16.9. The van der Waals surface area contributed by atoms with Crippen LogP contribution in [-0.2, 0) is 14.3 Å². The smallest absolute Gasteiger partial charge is 0.344 e. The molecule has 1 unspecified atom stereocenters. The van der Waals surface area contributed by atoms with Crippen LogP contribution in [0.25, 0.3) is 0 Å². The number of ether oxygens (including phenoxy) is 2. The molecule has 4 fully saturated rings. The molecule has 1 aromatic carbocycles. The van der Waals surface area contributed by atoms with E-state index in [1.54, 1.807) is 24.3 Å². The molecule has 6 nitrogen and oxygen atoms in total. The maximum absolute atomic E-state index is 12.3. The number of carbonyl (C=O) groups excluding carboxylic acids is 3. The Bertz CT molecular complexity index is 737. The molecule has 4 aliphatic carbocycles. The summed E-state index contributed by atoms with van der Waals surface area (Å²) in [5, 5.41) is 3.09. The Kier molecular flexibility index (Phi) is 5.61. The van der Waals surface area contributed by atoms with Crippen molar-refractivity contribution in [2.24, 2.45) is 23.2 Å². The van der Waals surface area contributed by atoms with Crippen LogP contribution in [0.1, 0.15) is 55.8 Å². The zero-order valence-electron chi connectivity index (χ0n) is 16.9. The molecule has 0 saturated heterocycles. The van der Waals surface area contributed by atoms with Gasteiger partial charge < -0.3 is 14.8 Å². The van der Waals surface area contributed by atoms with Gasteiger partial charge in [0.1, 0.15) is 12.0 Å². The molecule has 4 aliphatic rings. The molecule has 6 heteroatoms. The van der Waals surface area contributed by atoms with E-state index in [9.17, 15) is 14.4 Å². The molecule has 0 aliphatic heterocycles. The molecular weight excluding hydrogens is 370 g/mol. The summed E-state index contributed by atoms with van der Waals surface area (Å²) < 4.78 is 10.4. The van der Waals surface area contributed by atoms with Crippen LogP contribution in [0.4, 0.5) is 0 Å².